The van der Waals surface area contributed by atoms with Crippen molar-refractivity contribution in [3.63, 3.8) is 0 Å². The first kappa shape index (κ1) is 19.7. The molecule has 0 aliphatic carbocycles. The van der Waals surface area contributed by atoms with Crippen LogP contribution in [0.4, 0.5) is 11.4 Å². The van der Waals surface area contributed by atoms with Crippen molar-refractivity contribution in [3.05, 3.63) is 84.3 Å². The molecular formula is C24H22N2O4. The highest BCUT2D eigenvalue weighted by atomic mass is 16.5. The smallest absolute Gasteiger partial charge is 0.336 e. The van der Waals surface area contributed by atoms with Gasteiger partial charge >= 0.3 is 5.97 Å². The van der Waals surface area contributed by atoms with E-state index < -0.39 is 5.97 Å². The summed E-state index contributed by atoms with van der Waals surface area (Å²) in [6, 6.07) is 18.9. The average molecular weight is 402 g/mol. The topological polar surface area (TPSA) is 64.3 Å². The summed E-state index contributed by atoms with van der Waals surface area (Å²) in [5.74, 6) is 0.572. The second-order valence-electron chi connectivity index (χ2n) is 6.72. The van der Waals surface area contributed by atoms with E-state index in [9.17, 15) is 4.79 Å². The first-order valence-corrected chi connectivity index (χ1v) is 9.76. The van der Waals surface area contributed by atoms with Crippen molar-refractivity contribution < 1.29 is 18.7 Å². The molecular weight excluding hydrogens is 380 g/mol. The lowest BCUT2D eigenvalue weighted by atomic mass is 10.2. The van der Waals surface area contributed by atoms with E-state index in [0.717, 1.165) is 37.6 Å². The number of ether oxygens (including phenoxy) is 2. The van der Waals surface area contributed by atoms with Crippen LogP contribution in [0.3, 0.4) is 0 Å². The van der Waals surface area contributed by atoms with Crippen LogP contribution in [0.5, 0.6) is 5.75 Å². The summed E-state index contributed by atoms with van der Waals surface area (Å²) >= 11 is 0. The lowest BCUT2D eigenvalue weighted by Gasteiger charge is -2.28. The molecule has 2 heterocycles. The predicted molar refractivity (Wildman–Crippen MR) is 117 cm³/mol. The van der Waals surface area contributed by atoms with Gasteiger partial charge in [-0.3, -0.25) is 4.99 Å². The number of morpholine rings is 1. The maximum atomic E-state index is 12.0. The Bertz CT molecular complexity index is 1020. The van der Waals surface area contributed by atoms with Crippen LogP contribution in [-0.2, 0) is 9.53 Å². The molecule has 1 fully saturated rings. The van der Waals surface area contributed by atoms with Gasteiger partial charge in [0.25, 0.3) is 0 Å². The molecule has 0 unspecified atom stereocenters. The van der Waals surface area contributed by atoms with Crippen LogP contribution in [0.25, 0.3) is 6.08 Å². The molecule has 0 amide bonds. The first-order valence-electron chi connectivity index (χ1n) is 9.76. The van der Waals surface area contributed by atoms with Crippen LogP contribution in [0.15, 0.2) is 82.4 Å². The number of hydrogen-bond donors (Lipinski definition) is 0. The lowest BCUT2D eigenvalue weighted by Crippen LogP contribution is -2.36. The van der Waals surface area contributed by atoms with Gasteiger partial charge in [0.2, 0.25) is 0 Å². The van der Waals surface area contributed by atoms with Gasteiger partial charge in [-0.25, -0.2) is 4.79 Å². The third-order valence-electron chi connectivity index (χ3n) is 4.59. The summed E-state index contributed by atoms with van der Waals surface area (Å²) < 4.78 is 15.9. The van der Waals surface area contributed by atoms with Crippen molar-refractivity contribution in [2.75, 3.05) is 31.2 Å². The van der Waals surface area contributed by atoms with Crippen molar-refractivity contribution in [1.82, 2.24) is 0 Å². The number of furan rings is 1. The summed E-state index contributed by atoms with van der Waals surface area (Å²) in [6.45, 7) is 3.34. The van der Waals surface area contributed by atoms with Gasteiger partial charge in [0.05, 0.1) is 25.2 Å². The van der Waals surface area contributed by atoms with Crippen LogP contribution in [-0.4, -0.2) is 38.5 Å². The Balaban J connectivity index is 1.36. The molecule has 2 aromatic carbocycles. The fraction of sp³-hybridized carbons (Fsp3) is 0.167. The van der Waals surface area contributed by atoms with E-state index in [1.807, 2.05) is 24.3 Å². The molecule has 3 aromatic rings. The molecule has 0 atom stereocenters. The van der Waals surface area contributed by atoms with Crippen LogP contribution >= 0.6 is 0 Å². The number of anilines is 1. The minimum atomic E-state index is -0.473. The fourth-order valence-electron chi connectivity index (χ4n) is 3.06. The Morgan fingerprint density at radius 3 is 2.63 bits per heavy atom. The number of carbonyl (C=O) groups is 1. The quantitative estimate of drug-likeness (QED) is 0.263. The van der Waals surface area contributed by atoms with Crippen LogP contribution in [0, 0.1) is 0 Å². The average Bonchev–Trinajstić information content (AvgIpc) is 3.31. The number of esters is 1. The molecule has 0 bridgehead atoms. The van der Waals surface area contributed by atoms with Gasteiger partial charge in [-0.1, -0.05) is 12.1 Å². The van der Waals surface area contributed by atoms with E-state index in [0.29, 0.717) is 11.5 Å². The van der Waals surface area contributed by atoms with Gasteiger partial charge in [-0.2, -0.15) is 0 Å². The minimum Gasteiger partial charge on any atom is -0.465 e. The molecule has 1 saturated heterocycles. The Morgan fingerprint density at radius 1 is 1.03 bits per heavy atom. The van der Waals surface area contributed by atoms with E-state index >= 15 is 0 Å². The summed E-state index contributed by atoms with van der Waals surface area (Å²) in [5.41, 5.74) is 2.87. The number of hydrogen-bond acceptors (Lipinski definition) is 6. The number of aliphatic imine (C=N–C) groups is 1. The Morgan fingerprint density at radius 2 is 1.87 bits per heavy atom. The minimum absolute atomic E-state index is 0.454. The second-order valence-corrected chi connectivity index (χ2v) is 6.72. The fourth-order valence-corrected chi connectivity index (χ4v) is 3.06. The third kappa shape index (κ3) is 5.46. The molecule has 6 nitrogen and oxygen atoms in total. The Kier molecular flexibility index (Phi) is 6.37. The first-order chi connectivity index (χ1) is 14.8. The molecule has 6 heteroatoms. The van der Waals surface area contributed by atoms with E-state index in [4.69, 9.17) is 13.9 Å². The van der Waals surface area contributed by atoms with Crippen molar-refractivity contribution >= 4 is 29.6 Å². The molecule has 0 N–H and O–H groups in total. The normalized spacial score (nSPS) is 14.5. The van der Waals surface area contributed by atoms with Crippen molar-refractivity contribution in [1.29, 1.82) is 0 Å². The summed E-state index contributed by atoms with van der Waals surface area (Å²) in [5, 5.41) is 0. The van der Waals surface area contributed by atoms with Crippen LogP contribution in [0.1, 0.15) is 11.3 Å². The number of benzene rings is 2. The van der Waals surface area contributed by atoms with Crippen LogP contribution < -0.4 is 9.64 Å². The van der Waals surface area contributed by atoms with Crippen molar-refractivity contribution in [3.8, 4) is 5.75 Å². The monoisotopic (exact) mass is 402 g/mol. The zero-order valence-electron chi connectivity index (χ0n) is 16.4. The number of nitrogens with zero attached hydrogens (tertiary/aromatic N) is 2. The molecule has 1 aliphatic heterocycles. The van der Waals surface area contributed by atoms with Gasteiger partial charge in [-0.15, -0.1) is 0 Å². The maximum Gasteiger partial charge on any atom is 0.336 e. The highest BCUT2D eigenvalue weighted by Crippen LogP contribution is 2.21. The zero-order valence-corrected chi connectivity index (χ0v) is 16.4. The van der Waals surface area contributed by atoms with Crippen molar-refractivity contribution in [2.45, 2.75) is 0 Å². The molecule has 30 heavy (non-hydrogen) atoms. The van der Waals surface area contributed by atoms with Crippen molar-refractivity contribution in [2.24, 2.45) is 4.99 Å². The van der Waals surface area contributed by atoms with Gasteiger partial charge in [0.1, 0.15) is 11.5 Å². The Hall–Kier alpha value is -3.64. The summed E-state index contributed by atoms with van der Waals surface area (Å²) in [7, 11) is 0. The molecule has 0 spiro atoms. The zero-order chi connectivity index (χ0) is 20.6. The predicted octanol–water partition coefficient (Wildman–Crippen LogP) is 4.49. The van der Waals surface area contributed by atoms with E-state index in [-0.39, 0.29) is 0 Å². The molecule has 152 valence electrons. The molecule has 4 rings (SSSR count). The van der Waals surface area contributed by atoms with E-state index in [1.165, 1.54) is 11.8 Å². The van der Waals surface area contributed by atoms with Gasteiger partial charge in [0, 0.05) is 31.1 Å². The van der Waals surface area contributed by atoms with E-state index in [1.54, 1.807) is 42.8 Å². The lowest BCUT2D eigenvalue weighted by molar-refractivity contribution is -0.128. The number of carbonyl (C=O) groups excluding carboxylic acids is 1. The third-order valence-corrected chi connectivity index (χ3v) is 4.59. The molecule has 0 radical (unpaired) electrons. The summed E-state index contributed by atoms with van der Waals surface area (Å²) in [4.78, 5) is 18.8. The van der Waals surface area contributed by atoms with Crippen LogP contribution in [0.2, 0.25) is 0 Å². The highest BCUT2D eigenvalue weighted by molar-refractivity contribution is 5.89. The standard InChI is InChI=1S/C24H22N2O4/c27-24(11-10-22-5-2-14-29-22)30-23-4-1-3-19(17-23)18-25-20-6-8-21(9-7-20)26-12-15-28-16-13-26/h1-11,14,17-18H,12-13,15-16H2/b11-10+,25-18?. The highest BCUT2D eigenvalue weighted by Gasteiger charge is 2.10. The van der Waals surface area contributed by atoms with Gasteiger partial charge in [-0.05, 0) is 60.2 Å². The number of rotatable bonds is 6. The largest absolute Gasteiger partial charge is 0.465 e. The SMILES string of the molecule is O=C(/C=C/c1ccco1)Oc1cccc(C=Nc2ccc(N3CCOCC3)cc2)c1. The molecule has 0 saturated carbocycles. The maximum absolute atomic E-state index is 12.0. The van der Waals surface area contributed by atoms with Gasteiger partial charge < -0.3 is 18.8 Å². The molecule has 1 aromatic heterocycles. The second kappa shape index (κ2) is 9.71. The molecule has 1 aliphatic rings. The summed E-state index contributed by atoms with van der Waals surface area (Å²) in [6.07, 6.45) is 6.19. The Labute approximate surface area is 175 Å². The van der Waals surface area contributed by atoms with Gasteiger partial charge in [0.15, 0.2) is 0 Å². The van der Waals surface area contributed by atoms with E-state index in [2.05, 4.69) is 22.0 Å².